The first-order chi connectivity index (χ1) is 21.0. The Bertz CT molecular complexity index is 1610. The van der Waals surface area contributed by atoms with Crippen molar-refractivity contribution in [2.24, 2.45) is 0 Å². The van der Waals surface area contributed by atoms with Crippen molar-refractivity contribution in [3.63, 3.8) is 0 Å². The Morgan fingerprint density at radius 2 is 1.64 bits per heavy atom. The number of fused-ring (bicyclic) bond motifs is 1. The number of amides is 4. The van der Waals surface area contributed by atoms with E-state index in [4.69, 9.17) is 4.42 Å². The van der Waals surface area contributed by atoms with E-state index in [-0.39, 0.29) is 38.2 Å². The van der Waals surface area contributed by atoms with Crippen LogP contribution in [-0.2, 0) is 27.1 Å². The highest BCUT2D eigenvalue weighted by molar-refractivity contribution is 6.09. The standard InChI is InChI=1S/C30H30F6N4O5/c1-3-4-19-15-21(28(44,29(31,32)33)30(34,35)36)7-8-22(19)38-10-12-39(13-11-38)24(41)17-40-25(42)27(2,37-26(40)43)20-6-5-18-9-14-45-23(18)16-20/h5-9,14-16,44H,3-4,10-13,17H2,1-2H3,(H,37,43). The fourth-order valence-electron chi connectivity index (χ4n) is 5.81. The van der Waals surface area contributed by atoms with Crippen LogP contribution < -0.4 is 10.2 Å². The van der Waals surface area contributed by atoms with Crippen LogP contribution in [-0.4, -0.2) is 77.8 Å². The molecule has 1 unspecified atom stereocenters. The van der Waals surface area contributed by atoms with E-state index in [0.717, 1.165) is 22.4 Å². The highest BCUT2D eigenvalue weighted by atomic mass is 19.4. The Morgan fingerprint density at radius 3 is 2.27 bits per heavy atom. The van der Waals surface area contributed by atoms with E-state index in [1.54, 1.807) is 36.1 Å². The number of benzene rings is 2. The van der Waals surface area contributed by atoms with Gasteiger partial charge in [0.15, 0.2) is 0 Å². The Hall–Kier alpha value is -4.27. The highest BCUT2D eigenvalue weighted by Gasteiger charge is 2.71. The van der Waals surface area contributed by atoms with E-state index < -0.39 is 53.4 Å². The minimum Gasteiger partial charge on any atom is -0.464 e. The molecule has 0 aliphatic carbocycles. The van der Waals surface area contributed by atoms with E-state index in [9.17, 15) is 45.8 Å². The van der Waals surface area contributed by atoms with Crippen LogP contribution in [0.15, 0.2) is 53.1 Å². The van der Waals surface area contributed by atoms with Gasteiger partial charge in [0.05, 0.1) is 6.26 Å². The van der Waals surface area contributed by atoms with E-state index >= 15 is 0 Å². The number of piperazine rings is 1. The normalized spacial score (nSPS) is 19.9. The van der Waals surface area contributed by atoms with Gasteiger partial charge in [-0.05, 0) is 42.7 Å². The second-order valence-corrected chi connectivity index (χ2v) is 11.3. The lowest BCUT2D eigenvalue weighted by atomic mass is 9.89. The Labute approximate surface area is 253 Å². The van der Waals surface area contributed by atoms with Crippen LogP contribution >= 0.6 is 0 Å². The number of hydrogen-bond acceptors (Lipinski definition) is 6. The van der Waals surface area contributed by atoms with E-state index in [0.29, 0.717) is 29.3 Å². The number of nitrogens with zero attached hydrogens (tertiary/aromatic N) is 3. The number of furan rings is 1. The third-order valence-electron chi connectivity index (χ3n) is 8.41. The molecule has 0 spiro atoms. The van der Waals surface area contributed by atoms with Crippen LogP contribution in [0.5, 0.6) is 0 Å². The minimum absolute atomic E-state index is 0.122. The molecule has 0 radical (unpaired) electrons. The second-order valence-electron chi connectivity index (χ2n) is 11.3. The number of carbonyl (C=O) groups is 3. The number of anilines is 1. The molecule has 1 aromatic heterocycles. The Morgan fingerprint density at radius 1 is 0.978 bits per heavy atom. The van der Waals surface area contributed by atoms with Gasteiger partial charge >= 0.3 is 18.4 Å². The summed E-state index contributed by atoms with van der Waals surface area (Å²) in [5, 5.41) is 13.3. The number of urea groups is 1. The first-order valence-electron chi connectivity index (χ1n) is 14.1. The average Bonchev–Trinajstić information content (AvgIpc) is 3.54. The van der Waals surface area contributed by atoms with Crippen molar-refractivity contribution in [2.45, 2.75) is 50.2 Å². The number of nitrogens with one attached hydrogen (secondary N) is 1. The van der Waals surface area contributed by atoms with Gasteiger partial charge in [-0.1, -0.05) is 37.6 Å². The molecule has 45 heavy (non-hydrogen) atoms. The van der Waals surface area contributed by atoms with E-state index in [1.165, 1.54) is 18.1 Å². The van der Waals surface area contributed by atoms with Crippen molar-refractivity contribution in [2.75, 3.05) is 37.6 Å². The van der Waals surface area contributed by atoms with Crippen molar-refractivity contribution >= 4 is 34.5 Å². The molecule has 0 saturated carbocycles. The van der Waals surface area contributed by atoms with Crippen LogP contribution in [0.1, 0.15) is 37.0 Å². The first-order valence-corrected chi connectivity index (χ1v) is 14.1. The monoisotopic (exact) mass is 640 g/mol. The average molecular weight is 641 g/mol. The van der Waals surface area contributed by atoms with E-state index in [2.05, 4.69) is 5.32 Å². The number of halogens is 6. The van der Waals surface area contributed by atoms with Crippen molar-refractivity contribution in [1.29, 1.82) is 0 Å². The van der Waals surface area contributed by atoms with Crippen molar-refractivity contribution in [3.8, 4) is 0 Å². The third kappa shape index (κ3) is 5.47. The molecular formula is C30H30F6N4O5. The van der Waals surface area contributed by atoms with Crippen molar-refractivity contribution in [3.05, 3.63) is 65.4 Å². The van der Waals surface area contributed by atoms with Gasteiger partial charge in [-0.25, -0.2) is 4.79 Å². The lowest BCUT2D eigenvalue weighted by Crippen LogP contribution is -2.54. The number of aryl methyl sites for hydroxylation is 1. The molecule has 5 rings (SSSR count). The number of imide groups is 1. The summed E-state index contributed by atoms with van der Waals surface area (Å²) < 4.78 is 86.2. The molecule has 2 aromatic carbocycles. The van der Waals surface area contributed by atoms with Crippen LogP contribution in [0.3, 0.4) is 0 Å². The van der Waals surface area contributed by atoms with Gasteiger partial charge in [-0.15, -0.1) is 0 Å². The van der Waals surface area contributed by atoms with Gasteiger partial charge in [-0.2, -0.15) is 26.3 Å². The SMILES string of the molecule is CCCc1cc(C(O)(C(F)(F)F)C(F)(F)F)ccc1N1CCN(C(=O)CN2C(=O)NC(C)(c3ccc4ccoc4c3)C2=O)CC1. The van der Waals surface area contributed by atoms with Gasteiger partial charge in [0.1, 0.15) is 17.7 Å². The fourth-order valence-corrected chi connectivity index (χ4v) is 5.81. The van der Waals surface area contributed by atoms with Gasteiger partial charge in [0.25, 0.3) is 11.5 Å². The zero-order valence-corrected chi connectivity index (χ0v) is 24.3. The molecule has 2 saturated heterocycles. The first kappa shape index (κ1) is 32.1. The summed E-state index contributed by atoms with van der Waals surface area (Å²) in [5.74, 6) is -1.12. The Balaban J connectivity index is 1.27. The summed E-state index contributed by atoms with van der Waals surface area (Å²) in [7, 11) is 0. The predicted molar refractivity (Wildman–Crippen MR) is 149 cm³/mol. The molecule has 2 aliphatic heterocycles. The summed E-state index contributed by atoms with van der Waals surface area (Å²) in [6, 6.07) is 8.56. The largest absolute Gasteiger partial charge is 0.464 e. The van der Waals surface area contributed by atoms with Gasteiger partial charge in [-0.3, -0.25) is 14.5 Å². The van der Waals surface area contributed by atoms with Crippen molar-refractivity contribution in [1.82, 2.24) is 15.1 Å². The van der Waals surface area contributed by atoms with Crippen molar-refractivity contribution < 1.29 is 50.2 Å². The molecular weight excluding hydrogens is 610 g/mol. The molecule has 9 nitrogen and oxygen atoms in total. The predicted octanol–water partition coefficient (Wildman–Crippen LogP) is 4.81. The maximum absolute atomic E-state index is 13.5. The summed E-state index contributed by atoms with van der Waals surface area (Å²) >= 11 is 0. The molecule has 2 N–H and O–H groups in total. The van der Waals surface area contributed by atoms with E-state index in [1.807, 2.05) is 0 Å². The van der Waals surface area contributed by atoms with Gasteiger partial charge < -0.3 is 24.6 Å². The fraction of sp³-hybridized carbons (Fsp3) is 0.433. The van der Waals surface area contributed by atoms with Crippen LogP contribution in [0.4, 0.5) is 36.8 Å². The molecule has 2 aliphatic rings. The lowest BCUT2D eigenvalue weighted by Gasteiger charge is -2.38. The van der Waals surface area contributed by atoms with Crippen LogP contribution in [0.2, 0.25) is 0 Å². The molecule has 3 heterocycles. The number of hydrogen-bond donors (Lipinski definition) is 2. The lowest BCUT2D eigenvalue weighted by molar-refractivity contribution is -0.376. The third-order valence-corrected chi connectivity index (χ3v) is 8.41. The van der Waals surface area contributed by atoms with Crippen LogP contribution in [0.25, 0.3) is 11.0 Å². The Kier molecular flexibility index (Phi) is 8.05. The van der Waals surface area contributed by atoms with Crippen LogP contribution in [0, 0.1) is 0 Å². The summed E-state index contributed by atoms with van der Waals surface area (Å²) in [6.45, 7) is 3.34. The highest BCUT2D eigenvalue weighted by Crippen LogP contribution is 2.50. The molecule has 2 fully saturated rings. The number of rotatable bonds is 7. The summed E-state index contributed by atoms with van der Waals surface area (Å²) in [4.78, 5) is 43.3. The number of carbonyl (C=O) groups excluding carboxylic acids is 3. The van der Waals surface area contributed by atoms with Gasteiger partial charge in [0, 0.05) is 42.8 Å². The molecule has 0 bridgehead atoms. The molecule has 1 atom stereocenters. The number of aliphatic hydroxyl groups is 1. The maximum atomic E-state index is 13.5. The maximum Gasteiger partial charge on any atom is 0.430 e. The van der Waals surface area contributed by atoms with Gasteiger partial charge in [0.2, 0.25) is 5.91 Å². The molecule has 242 valence electrons. The smallest absolute Gasteiger partial charge is 0.430 e. The summed E-state index contributed by atoms with van der Waals surface area (Å²) in [5.41, 5.74) is -6.21. The topological polar surface area (TPSA) is 106 Å². The molecule has 4 amide bonds. The zero-order valence-electron chi connectivity index (χ0n) is 24.3. The quantitative estimate of drug-likeness (QED) is 0.284. The molecule has 3 aromatic rings. The number of alkyl halides is 6. The molecule has 15 heteroatoms. The minimum atomic E-state index is -6.00. The zero-order chi connectivity index (χ0) is 32.9. The second kappa shape index (κ2) is 11.3. The summed E-state index contributed by atoms with van der Waals surface area (Å²) in [6.07, 6.45) is -9.95.